The number of urea groups is 1. The van der Waals surface area contributed by atoms with Gasteiger partial charge in [-0.15, -0.1) is 0 Å². The summed E-state index contributed by atoms with van der Waals surface area (Å²) in [7, 11) is 3.09. The van der Waals surface area contributed by atoms with Gasteiger partial charge in [0.2, 0.25) is 5.91 Å². The van der Waals surface area contributed by atoms with Crippen LogP contribution >= 0.6 is 0 Å². The van der Waals surface area contributed by atoms with Crippen LogP contribution in [0.2, 0.25) is 0 Å². The first-order valence-electron chi connectivity index (χ1n) is 9.19. The number of ether oxygens (including phenoxy) is 2. The van der Waals surface area contributed by atoms with E-state index in [0.29, 0.717) is 35.8 Å². The fraction of sp³-hybridized carbons (Fsp3) is 0.333. The number of likely N-dealkylation sites (tertiary alicyclic amines) is 1. The second kappa shape index (κ2) is 8.65. The molecule has 2 aromatic rings. The molecule has 1 unspecified atom stereocenters. The molecule has 7 nitrogen and oxygen atoms in total. The molecule has 2 N–H and O–H groups in total. The zero-order chi connectivity index (χ0) is 20.1. The highest BCUT2D eigenvalue weighted by Crippen LogP contribution is 2.30. The summed E-state index contributed by atoms with van der Waals surface area (Å²) < 4.78 is 10.5. The van der Waals surface area contributed by atoms with Crippen LogP contribution in [0.4, 0.5) is 16.2 Å². The van der Waals surface area contributed by atoms with Gasteiger partial charge in [-0.25, -0.2) is 4.79 Å². The van der Waals surface area contributed by atoms with Crippen LogP contribution in [0.1, 0.15) is 18.4 Å². The lowest BCUT2D eigenvalue weighted by Gasteiger charge is -2.24. The maximum Gasteiger partial charge on any atom is 0.322 e. The first-order valence-corrected chi connectivity index (χ1v) is 9.19. The van der Waals surface area contributed by atoms with Crippen LogP contribution in [0.15, 0.2) is 42.5 Å². The van der Waals surface area contributed by atoms with Crippen molar-refractivity contribution < 1.29 is 19.1 Å². The van der Waals surface area contributed by atoms with E-state index in [-0.39, 0.29) is 11.9 Å². The number of benzene rings is 2. The molecule has 1 aliphatic rings. The number of carbonyl (C=O) groups is 2. The van der Waals surface area contributed by atoms with Crippen molar-refractivity contribution in [2.75, 3.05) is 31.4 Å². The Kier molecular flexibility index (Phi) is 6.03. The van der Waals surface area contributed by atoms with Crippen LogP contribution in [0.3, 0.4) is 0 Å². The predicted molar refractivity (Wildman–Crippen MR) is 108 cm³/mol. The first kappa shape index (κ1) is 19.5. The number of aryl methyl sites for hydroxylation is 1. The fourth-order valence-electron chi connectivity index (χ4n) is 3.25. The van der Waals surface area contributed by atoms with E-state index >= 15 is 0 Å². The molecule has 1 atom stereocenters. The molecule has 1 aliphatic heterocycles. The molecule has 3 amide bonds. The van der Waals surface area contributed by atoms with Gasteiger partial charge in [-0.3, -0.25) is 4.79 Å². The SMILES string of the molecule is COc1ccc(NC(=O)C2CCCN2C(=O)Nc2ccc(C)cc2)cc1OC. The predicted octanol–water partition coefficient (Wildman–Crippen LogP) is 3.65. The van der Waals surface area contributed by atoms with Crippen molar-refractivity contribution in [3.8, 4) is 11.5 Å². The van der Waals surface area contributed by atoms with E-state index in [9.17, 15) is 9.59 Å². The molecule has 2 aromatic carbocycles. The molecule has 0 aromatic heterocycles. The Hall–Kier alpha value is -3.22. The number of nitrogens with zero attached hydrogens (tertiary/aromatic N) is 1. The second-order valence-corrected chi connectivity index (χ2v) is 6.71. The van der Waals surface area contributed by atoms with Crippen molar-refractivity contribution in [2.24, 2.45) is 0 Å². The molecular formula is C21H25N3O4. The summed E-state index contributed by atoms with van der Waals surface area (Å²) in [5, 5.41) is 5.73. The van der Waals surface area contributed by atoms with Gasteiger partial charge in [0.05, 0.1) is 14.2 Å². The van der Waals surface area contributed by atoms with Crippen LogP contribution in [-0.4, -0.2) is 43.6 Å². The van der Waals surface area contributed by atoms with E-state index in [1.165, 1.54) is 7.11 Å². The van der Waals surface area contributed by atoms with Gasteiger partial charge >= 0.3 is 6.03 Å². The number of methoxy groups -OCH3 is 2. The van der Waals surface area contributed by atoms with Gasteiger partial charge in [0, 0.05) is 24.0 Å². The molecule has 1 fully saturated rings. The zero-order valence-corrected chi connectivity index (χ0v) is 16.3. The van der Waals surface area contributed by atoms with E-state index in [1.807, 2.05) is 31.2 Å². The normalized spacial score (nSPS) is 15.8. The molecule has 148 valence electrons. The van der Waals surface area contributed by atoms with Gasteiger partial charge in [-0.05, 0) is 44.0 Å². The molecule has 0 radical (unpaired) electrons. The Labute approximate surface area is 164 Å². The van der Waals surface area contributed by atoms with Crippen LogP contribution in [0.5, 0.6) is 11.5 Å². The third kappa shape index (κ3) is 4.36. The lowest BCUT2D eigenvalue weighted by molar-refractivity contribution is -0.119. The Morgan fingerprint density at radius 1 is 0.964 bits per heavy atom. The van der Waals surface area contributed by atoms with Crippen molar-refractivity contribution in [1.82, 2.24) is 4.90 Å². The minimum absolute atomic E-state index is 0.219. The highest BCUT2D eigenvalue weighted by Gasteiger charge is 2.34. The van der Waals surface area contributed by atoms with Crippen LogP contribution in [0, 0.1) is 6.92 Å². The molecule has 7 heteroatoms. The average Bonchev–Trinajstić information content (AvgIpc) is 3.20. The summed E-state index contributed by atoms with van der Waals surface area (Å²) >= 11 is 0. The zero-order valence-electron chi connectivity index (χ0n) is 16.3. The van der Waals surface area contributed by atoms with E-state index in [4.69, 9.17) is 9.47 Å². The Bertz CT molecular complexity index is 851. The summed E-state index contributed by atoms with van der Waals surface area (Å²) in [6.07, 6.45) is 1.41. The van der Waals surface area contributed by atoms with Crippen molar-refractivity contribution in [3.05, 3.63) is 48.0 Å². The monoisotopic (exact) mass is 383 g/mol. The highest BCUT2D eigenvalue weighted by molar-refractivity contribution is 5.99. The number of amides is 3. The summed E-state index contributed by atoms with van der Waals surface area (Å²) in [6.45, 7) is 2.53. The molecule has 0 aliphatic carbocycles. The third-order valence-corrected chi connectivity index (χ3v) is 4.77. The number of nitrogens with one attached hydrogen (secondary N) is 2. The summed E-state index contributed by atoms with van der Waals surface area (Å²) in [6, 6.07) is 11.9. The number of hydrogen-bond acceptors (Lipinski definition) is 4. The van der Waals surface area contributed by atoms with Crippen molar-refractivity contribution in [2.45, 2.75) is 25.8 Å². The summed E-state index contributed by atoms with van der Waals surface area (Å²) in [4.78, 5) is 27.0. The van der Waals surface area contributed by atoms with E-state index in [2.05, 4.69) is 10.6 Å². The number of hydrogen-bond donors (Lipinski definition) is 2. The quantitative estimate of drug-likeness (QED) is 0.826. The largest absolute Gasteiger partial charge is 0.493 e. The van der Waals surface area contributed by atoms with Crippen LogP contribution in [0.25, 0.3) is 0 Å². The van der Waals surface area contributed by atoms with Gasteiger partial charge in [0.1, 0.15) is 6.04 Å². The molecule has 1 saturated heterocycles. The summed E-state index contributed by atoms with van der Waals surface area (Å²) in [5.74, 6) is 0.893. The smallest absolute Gasteiger partial charge is 0.322 e. The molecule has 28 heavy (non-hydrogen) atoms. The van der Waals surface area contributed by atoms with Crippen molar-refractivity contribution in [3.63, 3.8) is 0 Å². The van der Waals surface area contributed by atoms with Gasteiger partial charge in [0.15, 0.2) is 11.5 Å². The molecular weight excluding hydrogens is 358 g/mol. The standard InChI is InChI=1S/C21H25N3O4/c1-14-6-8-15(9-7-14)23-21(26)24-12-4-5-17(24)20(25)22-16-10-11-18(27-2)19(13-16)28-3/h6-11,13,17H,4-5,12H2,1-3H3,(H,22,25)(H,23,26). The lowest BCUT2D eigenvalue weighted by atomic mass is 10.2. The van der Waals surface area contributed by atoms with E-state index in [0.717, 1.165) is 12.0 Å². The fourth-order valence-corrected chi connectivity index (χ4v) is 3.25. The Balaban J connectivity index is 1.67. The number of carbonyl (C=O) groups excluding carboxylic acids is 2. The molecule has 3 rings (SSSR count). The number of rotatable bonds is 5. The maximum absolute atomic E-state index is 12.8. The lowest BCUT2D eigenvalue weighted by Crippen LogP contribution is -2.45. The van der Waals surface area contributed by atoms with Gasteiger partial charge in [-0.1, -0.05) is 17.7 Å². The van der Waals surface area contributed by atoms with Crippen molar-refractivity contribution in [1.29, 1.82) is 0 Å². The second-order valence-electron chi connectivity index (χ2n) is 6.71. The minimum Gasteiger partial charge on any atom is -0.493 e. The van der Waals surface area contributed by atoms with Crippen LogP contribution < -0.4 is 20.1 Å². The first-order chi connectivity index (χ1) is 13.5. The third-order valence-electron chi connectivity index (χ3n) is 4.77. The topological polar surface area (TPSA) is 79.9 Å². The maximum atomic E-state index is 12.8. The van der Waals surface area contributed by atoms with Gasteiger partial charge in [-0.2, -0.15) is 0 Å². The Morgan fingerprint density at radius 2 is 1.64 bits per heavy atom. The molecule has 0 bridgehead atoms. The van der Waals surface area contributed by atoms with Gasteiger partial charge in [0.25, 0.3) is 0 Å². The minimum atomic E-state index is -0.515. The molecule has 0 spiro atoms. The van der Waals surface area contributed by atoms with E-state index < -0.39 is 6.04 Å². The summed E-state index contributed by atoms with van der Waals surface area (Å²) in [5.41, 5.74) is 2.42. The molecule has 1 heterocycles. The molecule has 0 saturated carbocycles. The number of anilines is 2. The Morgan fingerprint density at radius 3 is 2.32 bits per heavy atom. The average molecular weight is 383 g/mol. The highest BCUT2D eigenvalue weighted by atomic mass is 16.5. The van der Waals surface area contributed by atoms with Crippen LogP contribution in [-0.2, 0) is 4.79 Å². The van der Waals surface area contributed by atoms with Gasteiger partial charge < -0.3 is 25.0 Å². The van der Waals surface area contributed by atoms with Crippen molar-refractivity contribution >= 4 is 23.3 Å². The van der Waals surface area contributed by atoms with E-state index in [1.54, 1.807) is 30.2 Å².